The van der Waals surface area contributed by atoms with Gasteiger partial charge in [-0.3, -0.25) is 19.2 Å². The maximum absolute atomic E-state index is 14.4. The van der Waals surface area contributed by atoms with Crippen molar-refractivity contribution in [2.24, 2.45) is 0 Å². The van der Waals surface area contributed by atoms with Crippen LogP contribution in [0.2, 0.25) is 0 Å². The zero-order valence-electron chi connectivity index (χ0n) is 27.3. The van der Waals surface area contributed by atoms with E-state index in [1.165, 1.54) is 6.92 Å². The number of anilines is 1. The number of fused-ring (bicyclic) bond motifs is 1. The van der Waals surface area contributed by atoms with E-state index < -0.39 is 6.04 Å². The van der Waals surface area contributed by atoms with Crippen LogP contribution in [-0.2, 0) is 22.6 Å². The molecule has 2 heterocycles. The van der Waals surface area contributed by atoms with Gasteiger partial charge in [0.05, 0.1) is 23.9 Å². The van der Waals surface area contributed by atoms with Crippen molar-refractivity contribution >= 4 is 29.3 Å². The van der Waals surface area contributed by atoms with Crippen LogP contribution < -0.4 is 10.6 Å². The van der Waals surface area contributed by atoms with Crippen LogP contribution in [0.3, 0.4) is 0 Å². The van der Waals surface area contributed by atoms with Crippen LogP contribution in [0.4, 0.5) is 5.69 Å². The number of carbonyl (C=O) groups is 4. The van der Waals surface area contributed by atoms with E-state index in [0.29, 0.717) is 48.8 Å². The molecular formula is C35H46N6O5. The van der Waals surface area contributed by atoms with Crippen LogP contribution in [0, 0.1) is 6.92 Å². The summed E-state index contributed by atoms with van der Waals surface area (Å²) in [5, 5.41) is 20.4. The lowest BCUT2D eigenvalue weighted by Gasteiger charge is -2.36. The normalized spacial score (nSPS) is 14.0. The predicted octanol–water partition coefficient (Wildman–Crippen LogP) is 4.25. The molecule has 0 unspecified atom stereocenters. The number of aryl methyl sites for hydroxylation is 1. The maximum Gasteiger partial charge on any atom is 0.274 e. The highest BCUT2D eigenvalue weighted by atomic mass is 16.3. The zero-order chi connectivity index (χ0) is 33.2. The number of unbranched alkanes of at least 4 members (excludes halogenated alkanes) is 2. The average Bonchev–Trinajstić information content (AvgIpc) is 3.44. The molecule has 46 heavy (non-hydrogen) atoms. The molecule has 1 atom stereocenters. The third-order valence-electron chi connectivity index (χ3n) is 8.25. The van der Waals surface area contributed by atoms with Gasteiger partial charge in [-0.25, -0.2) is 4.68 Å². The standard InChI is InChI=1S/C35H46N6O5/c1-5-7-17-39(18-8-6-2)35(46)31-19-24(3)41(38-31)32-14-13-28(37-33(44)15-16-36-25(4)43)21-30(32)34(45)40-22-27-12-10-9-11-26(27)20-29(40)23-42/h9-14,19,21,29,42H,5-8,15-18,20,22-23H2,1-4H3,(H,36,43)(H,37,44)/t29-/m0/s1. The molecular weight excluding hydrogens is 584 g/mol. The number of rotatable bonds is 14. The summed E-state index contributed by atoms with van der Waals surface area (Å²) in [7, 11) is 0. The van der Waals surface area contributed by atoms with Gasteiger partial charge in [-0.1, -0.05) is 51.0 Å². The first-order valence-electron chi connectivity index (χ1n) is 16.2. The Morgan fingerprint density at radius 3 is 2.35 bits per heavy atom. The summed E-state index contributed by atoms with van der Waals surface area (Å²) in [6.45, 7) is 9.02. The molecule has 3 aromatic rings. The molecule has 0 aliphatic carbocycles. The minimum atomic E-state index is -0.437. The number of amides is 4. The van der Waals surface area contributed by atoms with Crippen molar-refractivity contribution in [2.75, 3.05) is 31.6 Å². The van der Waals surface area contributed by atoms with Crippen molar-refractivity contribution < 1.29 is 24.3 Å². The van der Waals surface area contributed by atoms with Crippen molar-refractivity contribution in [3.63, 3.8) is 0 Å². The van der Waals surface area contributed by atoms with Crippen molar-refractivity contribution in [1.29, 1.82) is 0 Å². The van der Waals surface area contributed by atoms with Gasteiger partial charge >= 0.3 is 0 Å². The van der Waals surface area contributed by atoms with Crippen LogP contribution in [0.1, 0.15) is 90.5 Å². The monoisotopic (exact) mass is 630 g/mol. The highest BCUT2D eigenvalue weighted by Gasteiger charge is 2.32. The minimum absolute atomic E-state index is 0.0659. The Balaban J connectivity index is 1.72. The largest absolute Gasteiger partial charge is 0.394 e. The van der Waals surface area contributed by atoms with Crippen LogP contribution >= 0.6 is 0 Å². The summed E-state index contributed by atoms with van der Waals surface area (Å²) in [6.07, 6.45) is 4.32. The number of carbonyl (C=O) groups excluding carboxylic acids is 4. The van der Waals surface area contributed by atoms with Gasteiger partial charge in [0.2, 0.25) is 11.8 Å². The van der Waals surface area contributed by atoms with Crippen molar-refractivity contribution in [3.8, 4) is 5.69 Å². The summed E-state index contributed by atoms with van der Waals surface area (Å²) in [5.41, 5.74) is 4.22. The maximum atomic E-state index is 14.4. The number of hydrogen-bond acceptors (Lipinski definition) is 6. The summed E-state index contributed by atoms with van der Waals surface area (Å²) in [5.74, 6) is -1.01. The lowest BCUT2D eigenvalue weighted by Crippen LogP contribution is -2.46. The van der Waals surface area contributed by atoms with E-state index in [9.17, 15) is 24.3 Å². The number of aliphatic hydroxyl groups excluding tert-OH is 1. The molecule has 1 aliphatic heterocycles. The van der Waals surface area contributed by atoms with Crippen LogP contribution in [-0.4, -0.2) is 80.6 Å². The van der Waals surface area contributed by atoms with E-state index in [-0.39, 0.29) is 48.8 Å². The summed E-state index contributed by atoms with van der Waals surface area (Å²) in [4.78, 5) is 55.4. The molecule has 4 amide bonds. The van der Waals surface area contributed by atoms with E-state index in [1.54, 1.807) is 33.8 Å². The van der Waals surface area contributed by atoms with Gasteiger partial charge in [-0.05, 0) is 61.6 Å². The number of benzene rings is 2. The summed E-state index contributed by atoms with van der Waals surface area (Å²) >= 11 is 0. The van der Waals surface area contributed by atoms with E-state index in [2.05, 4.69) is 24.5 Å². The number of aliphatic hydroxyl groups is 1. The minimum Gasteiger partial charge on any atom is -0.394 e. The molecule has 0 saturated heterocycles. The number of aromatic nitrogens is 2. The van der Waals surface area contributed by atoms with E-state index in [1.807, 2.05) is 36.1 Å². The smallest absolute Gasteiger partial charge is 0.274 e. The van der Waals surface area contributed by atoms with Crippen molar-refractivity contribution in [3.05, 3.63) is 76.6 Å². The van der Waals surface area contributed by atoms with Gasteiger partial charge < -0.3 is 25.5 Å². The lowest BCUT2D eigenvalue weighted by atomic mass is 9.93. The van der Waals surface area contributed by atoms with Crippen molar-refractivity contribution in [2.45, 2.75) is 78.8 Å². The first-order chi connectivity index (χ1) is 22.2. The predicted molar refractivity (Wildman–Crippen MR) is 177 cm³/mol. The van der Waals surface area contributed by atoms with E-state index >= 15 is 0 Å². The number of nitrogens with one attached hydrogen (secondary N) is 2. The topological polar surface area (TPSA) is 137 Å². The van der Waals surface area contributed by atoms with Crippen molar-refractivity contribution in [1.82, 2.24) is 24.9 Å². The van der Waals surface area contributed by atoms with Gasteiger partial charge in [-0.2, -0.15) is 5.10 Å². The van der Waals surface area contributed by atoms with Crippen LogP contribution in [0.5, 0.6) is 0 Å². The molecule has 0 fully saturated rings. The third kappa shape index (κ3) is 8.39. The SMILES string of the molecule is CCCCN(CCCC)C(=O)c1cc(C)n(-c2ccc(NC(=O)CCNC(C)=O)cc2C(=O)N2Cc3ccccc3C[C@H]2CO)n1. The van der Waals surface area contributed by atoms with E-state index in [0.717, 1.165) is 36.8 Å². The van der Waals surface area contributed by atoms with E-state index in [4.69, 9.17) is 5.10 Å². The molecule has 1 aromatic heterocycles. The number of nitrogens with zero attached hydrogens (tertiary/aromatic N) is 4. The second-order valence-electron chi connectivity index (χ2n) is 11.8. The first kappa shape index (κ1) is 34.4. The molecule has 0 spiro atoms. The fourth-order valence-electron chi connectivity index (χ4n) is 5.69. The molecule has 246 valence electrons. The quantitative estimate of drug-likeness (QED) is 0.244. The second-order valence-corrected chi connectivity index (χ2v) is 11.8. The van der Waals surface area contributed by atoms with Gasteiger partial charge in [0, 0.05) is 50.9 Å². The van der Waals surface area contributed by atoms with Gasteiger partial charge in [-0.15, -0.1) is 0 Å². The Labute approximate surface area is 271 Å². The second kappa shape index (κ2) is 16.2. The molecule has 11 nitrogen and oxygen atoms in total. The van der Waals surface area contributed by atoms with Crippen LogP contribution in [0.25, 0.3) is 5.69 Å². The Hall–Kier alpha value is -4.51. The third-order valence-corrected chi connectivity index (χ3v) is 8.25. The Kier molecular flexibility index (Phi) is 12.1. The van der Waals surface area contributed by atoms with Gasteiger partial charge in [0.15, 0.2) is 5.69 Å². The number of hydrogen-bond donors (Lipinski definition) is 3. The Morgan fingerprint density at radius 1 is 1.00 bits per heavy atom. The summed E-state index contributed by atoms with van der Waals surface area (Å²) < 4.78 is 1.60. The highest BCUT2D eigenvalue weighted by molar-refractivity contribution is 6.01. The average molecular weight is 631 g/mol. The molecule has 0 bridgehead atoms. The Bertz CT molecular complexity index is 1540. The zero-order valence-corrected chi connectivity index (χ0v) is 27.3. The summed E-state index contributed by atoms with van der Waals surface area (Å²) in [6, 6.07) is 14.2. The molecule has 11 heteroatoms. The Morgan fingerprint density at radius 2 is 1.70 bits per heavy atom. The molecule has 0 radical (unpaired) electrons. The van der Waals surface area contributed by atoms with Crippen LogP contribution in [0.15, 0.2) is 48.5 Å². The molecule has 0 saturated carbocycles. The molecule has 4 rings (SSSR count). The fourth-order valence-corrected chi connectivity index (χ4v) is 5.69. The molecule has 2 aromatic carbocycles. The van der Waals surface area contributed by atoms with Gasteiger partial charge in [0.25, 0.3) is 11.8 Å². The molecule has 1 aliphatic rings. The highest BCUT2D eigenvalue weighted by Crippen LogP contribution is 2.29. The van der Waals surface area contributed by atoms with Gasteiger partial charge in [0.1, 0.15) is 0 Å². The lowest BCUT2D eigenvalue weighted by molar-refractivity contribution is -0.119. The molecule has 3 N–H and O–H groups in total. The fraction of sp³-hybridized carbons (Fsp3) is 0.457. The first-order valence-corrected chi connectivity index (χ1v) is 16.2.